The fraction of sp³-hybridized carbons (Fsp3) is 0.800. The second kappa shape index (κ2) is 8.95. The summed E-state index contributed by atoms with van der Waals surface area (Å²) in [5.74, 6) is 1.53. The third kappa shape index (κ3) is 4.98. The quantitative estimate of drug-likeness (QED) is 0.677. The van der Waals surface area contributed by atoms with Crippen molar-refractivity contribution in [3.63, 3.8) is 0 Å². The van der Waals surface area contributed by atoms with Crippen molar-refractivity contribution in [3.8, 4) is 0 Å². The number of hydrogen-bond donors (Lipinski definition) is 1. The zero-order valence-electron chi connectivity index (χ0n) is 14.2. The van der Waals surface area contributed by atoms with Crippen molar-refractivity contribution in [1.29, 1.82) is 0 Å². The Morgan fingerprint density at radius 2 is 2.13 bits per heavy atom. The number of rotatable bonds is 8. The van der Waals surface area contributed by atoms with Crippen molar-refractivity contribution in [1.82, 2.24) is 25.3 Å². The maximum Gasteiger partial charge on any atom is 0.243 e. The van der Waals surface area contributed by atoms with E-state index in [9.17, 15) is 4.79 Å². The molecule has 0 aromatic carbocycles. The number of hydrogen-bond acceptors (Lipinski definition) is 7. The van der Waals surface area contributed by atoms with Crippen LogP contribution in [0.1, 0.15) is 31.6 Å². The van der Waals surface area contributed by atoms with E-state index in [1.807, 2.05) is 11.8 Å². The summed E-state index contributed by atoms with van der Waals surface area (Å²) in [6, 6.07) is 0.0832. The largest absolute Gasteiger partial charge is 0.383 e. The maximum atomic E-state index is 12.1. The van der Waals surface area contributed by atoms with Crippen molar-refractivity contribution < 1.29 is 14.1 Å². The lowest BCUT2D eigenvalue weighted by atomic mass is 10.2. The van der Waals surface area contributed by atoms with Crippen LogP contribution in [0.15, 0.2) is 4.52 Å². The predicted molar refractivity (Wildman–Crippen MR) is 85.0 cm³/mol. The number of carbonyl (C=O) groups is 1. The van der Waals surface area contributed by atoms with Crippen molar-refractivity contribution in [2.24, 2.45) is 0 Å². The van der Waals surface area contributed by atoms with Gasteiger partial charge in [-0.3, -0.25) is 9.69 Å². The Balaban J connectivity index is 1.75. The Bertz CT molecular complexity index is 485. The van der Waals surface area contributed by atoms with Crippen LogP contribution in [0.2, 0.25) is 0 Å². The molecular formula is C15H27N5O3. The highest BCUT2D eigenvalue weighted by Gasteiger charge is 2.27. The second-order valence-corrected chi connectivity index (χ2v) is 5.66. The van der Waals surface area contributed by atoms with Gasteiger partial charge in [0.15, 0.2) is 5.82 Å². The number of nitrogens with zero attached hydrogens (tertiary/aromatic N) is 4. The van der Waals surface area contributed by atoms with Gasteiger partial charge in [-0.15, -0.1) is 0 Å². The fourth-order valence-electron chi connectivity index (χ4n) is 2.58. The minimum Gasteiger partial charge on any atom is -0.383 e. The van der Waals surface area contributed by atoms with Gasteiger partial charge in [-0.1, -0.05) is 12.1 Å². The van der Waals surface area contributed by atoms with E-state index >= 15 is 0 Å². The Kier molecular flexibility index (Phi) is 6.94. The van der Waals surface area contributed by atoms with Gasteiger partial charge >= 0.3 is 0 Å². The van der Waals surface area contributed by atoms with Gasteiger partial charge in [0.25, 0.3) is 0 Å². The zero-order valence-corrected chi connectivity index (χ0v) is 14.2. The summed E-state index contributed by atoms with van der Waals surface area (Å²) >= 11 is 0. The molecule has 1 N–H and O–H groups in total. The van der Waals surface area contributed by atoms with Crippen LogP contribution in [-0.2, 0) is 16.0 Å². The Morgan fingerprint density at radius 3 is 2.74 bits per heavy atom. The maximum absolute atomic E-state index is 12.1. The van der Waals surface area contributed by atoms with Gasteiger partial charge in [-0.2, -0.15) is 4.98 Å². The highest BCUT2D eigenvalue weighted by molar-refractivity contribution is 5.78. The van der Waals surface area contributed by atoms with E-state index in [4.69, 9.17) is 9.26 Å². The Morgan fingerprint density at radius 1 is 1.39 bits per heavy atom. The molecule has 23 heavy (non-hydrogen) atoms. The smallest absolute Gasteiger partial charge is 0.243 e. The summed E-state index contributed by atoms with van der Waals surface area (Å²) < 4.78 is 10.3. The second-order valence-electron chi connectivity index (χ2n) is 5.66. The van der Waals surface area contributed by atoms with Gasteiger partial charge in [-0.25, -0.2) is 0 Å². The number of aromatic nitrogens is 2. The first-order chi connectivity index (χ1) is 11.2. The number of methoxy groups -OCH3 is 1. The van der Waals surface area contributed by atoms with Crippen LogP contribution in [-0.4, -0.2) is 78.8 Å². The minimum atomic E-state index is 0.0832. The standard InChI is InChI=1S/C15H27N5O3/c1-4-13-17-15(23-18-13)12(2)19-6-8-20(9-7-19)14(21)11-16-5-10-22-3/h12,16H,4-11H2,1-3H3. The topological polar surface area (TPSA) is 83.7 Å². The van der Waals surface area contributed by atoms with Crippen LogP contribution >= 0.6 is 0 Å². The molecule has 1 unspecified atom stereocenters. The van der Waals surface area contributed by atoms with Gasteiger partial charge in [0.05, 0.1) is 19.2 Å². The van der Waals surface area contributed by atoms with Gasteiger partial charge in [0.2, 0.25) is 11.8 Å². The van der Waals surface area contributed by atoms with Crippen molar-refractivity contribution in [3.05, 3.63) is 11.7 Å². The molecule has 0 spiro atoms. The van der Waals surface area contributed by atoms with Crippen LogP contribution in [0.4, 0.5) is 0 Å². The highest BCUT2D eigenvalue weighted by Crippen LogP contribution is 2.20. The molecular weight excluding hydrogens is 298 g/mol. The van der Waals surface area contributed by atoms with Gasteiger partial charge in [-0.05, 0) is 6.92 Å². The number of carbonyl (C=O) groups excluding carboxylic acids is 1. The van der Waals surface area contributed by atoms with E-state index < -0.39 is 0 Å². The van der Waals surface area contributed by atoms with Crippen molar-refractivity contribution in [2.45, 2.75) is 26.3 Å². The summed E-state index contributed by atoms with van der Waals surface area (Å²) in [5, 5.41) is 7.04. The van der Waals surface area contributed by atoms with Crippen LogP contribution in [0.3, 0.4) is 0 Å². The van der Waals surface area contributed by atoms with E-state index in [-0.39, 0.29) is 11.9 Å². The number of aryl methyl sites for hydroxylation is 1. The molecule has 0 bridgehead atoms. The molecule has 1 atom stereocenters. The van der Waals surface area contributed by atoms with E-state index in [1.165, 1.54) is 0 Å². The van der Waals surface area contributed by atoms with Crippen LogP contribution in [0.5, 0.6) is 0 Å². The normalized spacial score (nSPS) is 17.4. The lowest BCUT2D eigenvalue weighted by molar-refractivity contribution is -0.132. The number of amides is 1. The van der Waals surface area contributed by atoms with Gasteiger partial charge in [0.1, 0.15) is 0 Å². The number of nitrogens with one attached hydrogen (secondary N) is 1. The molecule has 1 saturated heterocycles. The van der Waals surface area contributed by atoms with Crippen molar-refractivity contribution >= 4 is 5.91 Å². The molecule has 0 aliphatic carbocycles. The average Bonchev–Trinajstić information content (AvgIpc) is 3.07. The molecule has 1 aromatic heterocycles. The summed E-state index contributed by atoms with van der Waals surface area (Å²) in [5.41, 5.74) is 0. The summed E-state index contributed by atoms with van der Waals surface area (Å²) in [6.07, 6.45) is 0.772. The first-order valence-corrected chi connectivity index (χ1v) is 8.19. The Labute approximate surface area is 137 Å². The predicted octanol–water partition coefficient (Wildman–Crippen LogP) is 0.0732. The number of ether oxygens (including phenoxy) is 1. The molecule has 0 saturated carbocycles. The van der Waals surface area contributed by atoms with E-state index in [0.29, 0.717) is 25.6 Å². The van der Waals surface area contributed by atoms with Crippen LogP contribution in [0.25, 0.3) is 0 Å². The average molecular weight is 325 g/mol. The molecule has 2 rings (SSSR count). The summed E-state index contributed by atoms with van der Waals surface area (Å²) in [4.78, 5) is 20.7. The van der Waals surface area contributed by atoms with Crippen LogP contribution in [0, 0.1) is 0 Å². The molecule has 8 nitrogen and oxygen atoms in total. The molecule has 1 amide bonds. The number of piperazine rings is 1. The van der Waals surface area contributed by atoms with Crippen molar-refractivity contribution in [2.75, 3.05) is 53.0 Å². The third-order valence-corrected chi connectivity index (χ3v) is 4.13. The molecule has 8 heteroatoms. The lowest BCUT2D eigenvalue weighted by Crippen LogP contribution is -2.51. The molecule has 1 aliphatic rings. The molecule has 1 aromatic rings. The SMILES string of the molecule is CCc1noc(C(C)N2CCN(C(=O)CNCCOC)CC2)n1. The van der Waals surface area contributed by atoms with Gasteiger partial charge < -0.3 is 19.5 Å². The fourth-order valence-corrected chi connectivity index (χ4v) is 2.58. The first-order valence-electron chi connectivity index (χ1n) is 8.19. The van der Waals surface area contributed by atoms with E-state index in [0.717, 1.165) is 38.4 Å². The summed E-state index contributed by atoms with van der Waals surface area (Å²) in [7, 11) is 1.65. The van der Waals surface area contributed by atoms with Crippen LogP contribution < -0.4 is 5.32 Å². The molecule has 2 heterocycles. The van der Waals surface area contributed by atoms with Gasteiger partial charge in [0, 0.05) is 46.3 Å². The monoisotopic (exact) mass is 325 g/mol. The molecule has 0 radical (unpaired) electrons. The Hall–Kier alpha value is -1.51. The molecule has 1 aliphatic heterocycles. The third-order valence-electron chi connectivity index (χ3n) is 4.13. The first kappa shape index (κ1) is 17.8. The lowest BCUT2D eigenvalue weighted by Gasteiger charge is -2.36. The summed E-state index contributed by atoms with van der Waals surface area (Å²) in [6.45, 7) is 8.82. The van der Waals surface area contributed by atoms with E-state index in [1.54, 1.807) is 7.11 Å². The molecule has 130 valence electrons. The highest BCUT2D eigenvalue weighted by atomic mass is 16.5. The van der Waals surface area contributed by atoms with E-state index in [2.05, 4.69) is 27.3 Å². The molecule has 1 fully saturated rings. The minimum absolute atomic E-state index is 0.0832. The zero-order chi connectivity index (χ0) is 16.7.